The zero-order chi connectivity index (χ0) is 14.2. The summed E-state index contributed by atoms with van der Waals surface area (Å²) in [4.78, 5) is 11.4. The van der Waals surface area contributed by atoms with Gasteiger partial charge in [-0.2, -0.15) is 13.2 Å². The first kappa shape index (κ1) is 13.8. The topological polar surface area (TPSA) is 29.1 Å². The zero-order valence-corrected chi connectivity index (χ0v) is 9.60. The minimum atomic E-state index is -4.96. The fourth-order valence-electron chi connectivity index (χ4n) is 1.71. The van der Waals surface area contributed by atoms with Crippen molar-refractivity contribution in [1.82, 2.24) is 5.32 Å². The Morgan fingerprint density at radius 2 is 1.74 bits per heavy atom. The van der Waals surface area contributed by atoms with E-state index in [0.717, 1.165) is 18.2 Å². The highest BCUT2D eigenvalue weighted by atomic mass is 19.4. The van der Waals surface area contributed by atoms with E-state index in [1.165, 1.54) is 0 Å². The molecule has 2 nitrogen and oxygen atoms in total. The molecule has 0 radical (unpaired) electrons. The van der Waals surface area contributed by atoms with Gasteiger partial charge in [-0.3, -0.25) is 4.79 Å². The third-order valence-corrected chi connectivity index (χ3v) is 2.85. The van der Waals surface area contributed by atoms with Crippen LogP contribution in [0.25, 0.3) is 0 Å². The number of hydrogen-bond acceptors (Lipinski definition) is 1. The van der Waals surface area contributed by atoms with Gasteiger partial charge in [-0.1, -0.05) is 6.07 Å². The number of amides is 1. The smallest absolute Gasteiger partial charge is 0.340 e. The number of alkyl halides is 3. The van der Waals surface area contributed by atoms with Crippen molar-refractivity contribution in [2.45, 2.75) is 25.1 Å². The van der Waals surface area contributed by atoms with E-state index in [1.54, 1.807) is 5.32 Å². The second-order valence-electron chi connectivity index (χ2n) is 4.39. The first-order valence-corrected chi connectivity index (χ1v) is 5.61. The third-order valence-electron chi connectivity index (χ3n) is 2.85. The second-order valence-corrected chi connectivity index (χ2v) is 4.39. The predicted octanol–water partition coefficient (Wildman–Crippen LogP) is 3.09. The highest BCUT2D eigenvalue weighted by Gasteiger charge is 2.46. The van der Waals surface area contributed by atoms with Crippen LogP contribution in [0.1, 0.15) is 24.4 Å². The molecule has 0 unspecified atom stereocenters. The van der Waals surface area contributed by atoms with Crippen LogP contribution in [0.3, 0.4) is 0 Å². The van der Waals surface area contributed by atoms with Crippen LogP contribution in [-0.2, 0) is 4.79 Å². The van der Waals surface area contributed by atoms with Crippen molar-refractivity contribution in [2.75, 3.05) is 0 Å². The van der Waals surface area contributed by atoms with Crippen LogP contribution in [0.5, 0.6) is 0 Å². The molecule has 1 atom stereocenters. The summed E-state index contributed by atoms with van der Waals surface area (Å²) in [5.74, 6) is -3.98. The molecular formula is C12H10F5NO. The van der Waals surface area contributed by atoms with Gasteiger partial charge in [0, 0.05) is 5.92 Å². The van der Waals surface area contributed by atoms with Crippen molar-refractivity contribution in [2.24, 2.45) is 5.92 Å². The Morgan fingerprint density at radius 1 is 1.21 bits per heavy atom. The average Bonchev–Trinajstić information content (AvgIpc) is 3.09. The highest BCUT2D eigenvalue weighted by Crippen LogP contribution is 2.37. The first-order chi connectivity index (χ1) is 8.80. The van der Waals surface area contributed by atoms with Crippen molar-refractivity contribution in [3.63, 3.8) is 0 Å². The van der Waals surface area contributed by atoms with Gasteiger partial charge in [0.2, 0.25) is 5.91 Å². The van der Waals surface area contributed by atoms with Crippen LogP contribution < -0.4 is 5.32 Å². The Kier molecular flexibility index (Phi) is 3.47. The summed E-state index contributed by atoms with van der Waals surface area (Å²) in [5, 5.41) is 1.67. The van der Waals surface area contributed by atoms with Crippen LogP contribution in [0.2, 0.25) is 0 Å². The molecule has 1 N–H and O–H groups in total. The molecule has 104 valence electrons. The second kappa shape index (κ2) is 4.79. The lowest BCUT2D eigenvalue weighted by Crippen LogP contribution is -2.40. The van der Waals surface area contributed by atoms with Crippen molar-refractivity contribution in [3.05, 3.63) is 35.4 Å². The maximum atomic E-state index is 13.4. The van der Waals surface area contributed by atoms with E-state index in [4.69, 9.17) is 0 Å². The van der Waals surface area contributed by atoms with Gasteiger partial charge in [-0.05, 0) is 25.0 Å². The van der Waals surface area contributed by atoms with Gasteiger partial charge < -0.3 is 5.32 Å². The highest BCUT2D eigenvalue weighted by molar-refractivity contribution is 5.81. The predicted molar refractivity (Wildman–Crippen MR) is 56.0 cm³/mol. The van der Waals surface area contributed by atoms with Gasteiger partial charge >= 0.3 is 6.18 Å². The molecule has 1 amide bonds. The Morgan fingerprint density at radius 3 is 2.16 bits per heavy atom. The Hall–Kier alpha value is -1.66. The number of nitrogens with one attached hydrogen (secondary N) is 1. The monoisotopic (exact) mass is 279 g/mol. The fraction of sp³-hybridized carbons (Fsp3) is 0.417. The van der Waals surface area contributed by atoms with Gasteiger partial charge in [0.1, 0.15) is 11.6 Å². The van der Waals surface area contributed by atoms with Gasteiger partial charge in [0.05, 0.1) is 5.56 Å². The Balaban J connectivity index is 2.34. The van der Waals surface area contributed by atoms with Crippen molar-refractivity contribution in [3.8, 4) is 0 Å². The number of halogens is 5. The number of rotatable bonds is 3. The molecule has 1 aliphatic rings. The molecular weight excluding hydrogens is 269 g/mol. The van der Waals surface area contributed by atoms with Gasteiger partial charge in [0.25, 0.3) is 0 Å². The summed E-state index contributed by atoms with van der Waals surface area (Å²) in [6, 6.07) is -0.257. The number of benzene rings is 1. The minimum absolute atomic E-state index is 0.486. The van der Waals surface area contributed by atoms with Crippen molar-refractivity contribution in [1.29, 1.82) is 0 Å². The summed E-state index contributed by atoms with van der Waals surface area (Å²) in [6.45, 7) is 0. The van der Waals surface area contributed by atoms with Gasteiger partial charge in [0.15, 0.2) is 6.04 Å². The summed E-state index contributed by atoms with van der Waals surface area (Å²) in [7, 11) is 0. The summed E-state index contributed by atoms with van der Waals surface area (Å²) in [5.41, 5.74) is -1.18. The number of hydrogen-bond donors (Lipinski definition) is 1. The maximum Gasteiger partial charge on any atom is 0.413 e. The number of carbonyl (C=O) groups is 1. The lowest BCUT2D eigenvalue weighted by atomic mass is 10.0. The molecule has 0 aliphatic heterocycles. The van der Waals surface area contributed by atoms with Crippen molar-refractivity contribution < 1.29 is 26.7 Å². The van der Waals surface area contributed by atoms with E-state index in [1.807, 2.05) is 0 Å². The first-order valence-electron chi connectivity index (χ1n) is 5.61. The summed E-state index contributed by atoms with van der Waals surface area (Å²) >= 11 is 0. The minimum Gasteiger partial charge on any atom is -0.340 e. The molecule has 0 bridgehead atoms. The molecule has 1 fully saturated rings. The van der Waals surface area contributed by atoms with Crippen LogP contribution >= 0.6 is 0 Å². The SMILES string of the molecule is O=C(N[C@@H](c1c(F)cccc1F)C(F)(F)F)C1CC1. The summed E-state index contributed by atoms with van der Waals surface area (Å²) in [6.07, 6.45) is -3.97. The lowest BCUT2D eigenvalue weighted by Gasteiger charge is -2.22. The maximum absolute atomic E-state index is 13.4. The molecule has 2 rings (SSSR count). The Labute approximate surface area is 105 Å². The van der Waals surface area contributed by atoms with E-state index in [2.05, 4.69) is 0 Å². The quantitative estimate of drug-likeness (QED) is 0.846. The van der Waals surface area contributed by atoms with Gasteiger partial charge in [-0.15, -0.1) is 0 Å². The van der Waals surface area contributed by atoms with Crippen LogP contribution in [0.4, 0.5) is 22.0 Å². The largest absolute Gasteiger partial charge is 0.413 e. The summed E-state index contributed by atoms with van der Waals surface area (Å²) < 4.78 is 65.4. The molecule has 19 heavy (non-hydrogen) atoms. The molecule has 0 spiro atoms. The fourth-order valence-corrected chi connectivity index (χ4v) is 1.71. The molecule has 0 aromatic heterocycles. The van der Waals surface area contributed by atoms with Crippen LogP contribution in [-0.4, -0.2) is 12.1 Å². The van der Waals surface area contributed by atoms with Gasteiger partial charge in [-0.25, -0.2) is 8.78 Å². The normalized spacial score (nSPS) is 17.1. The van der Waals surface area contributed by atoms with Crippen LogP contribution in [0, 0.1) is 17.6 Å². The van der Waals surface area contributed by atoms with E-state index in [0.29, 0.717) is 12.8 Å². The molecule has 1 saturated carbocycles. The average molecular weight is 279 g/mol. The van der Waals surface area contributed by atoms with E-state index >= 15 is 0 Å². The molecule has 1 aromatic carbocycles. The standard InChI is InChI=1S/C12H10F5NO/c13-7-2-1-3-8(14)9(7)10(12(15,16)17)18-11(19)6-4-5-6/h1-3,6,10H,4-5H2,(H,18,19)/t10-/m0/s1. The lowest BCUT2D eigenvalue weighted by molar-refractivity contribution is -0.164. The zero-order valence-electron chi connectivity index (χ0n) is 9.60. The van der Waals surface area contributed by atoms with Crippen molar-refractivity contribution >= 4 is 5.91 Å². The molecule has 7 heteroatoms. The van der Waals surface area contributed by atoms with E-state index in [9.17, 15) is 26.7 Å². The molecule has 1 aliphatic carbocycles. The number of carbonyl (C=O) groups excluding carboxylic acids is 1. The molecule has 0 saturated heterocycles. The Bertz CT molecular complexity index is 475. The van der Waals surface area contributed by atoms with E-state index in [-0.39, 0.29) is 0 Å². The third kappa shape index (κ3) is 3.02. The van der Waals surface area contributed by atoms with Crippen LogP contribution in [0.15, 0.2) is 18.2 Å². The van der Waals surface area contributed by atoms with E-state index < -0.39 is 41.2 Å². The molecule has 1 aromatic rings. The molecule has 0 heterocycles.